The second-order valence-electron chi connectivity index (χ2n) is 10.2. The quantitative estimate of drug-likeness (QED) is 0.339. The number of anilines is 2. The minimum Gasteiger partial charge on any atom is -0.383 e. The summed E-state index contributed by atoms with van der Waals surface area (Å²) in [6.45, 7) is 7.06. The molecule has 180 valence electrons. The zero-order valence-corrected chi connectivity index (χ0v) is 20.9. The molecule has 0 amide bonds. The second-order valence-corrected chi connectivity index (χ2v) is 10.6. The molecule has 1 fully saturated rings. The number of pyridine rings is 1. The van der Waals surface area contributed by atoms with Crippen molar-refractivity contribution < 1.29 is 1.37 Å². The SMILES string of the molecule is [2H][C@@](Nc1cc(Cl)c2ncc(C#N)c(NCC(C)(C)C)c2c1)(C1=CN(C2CC2)NN1)c1ccccc1. The van der Waals surface area contributed by atoms with Gasteiger partial charge in [0.2, 0.25) is 0 Å². The van der Waals surface area contributed by atoms with E-state index < -0.39 is 6.02 Å². The molecule has 1 aliphatic heterocycles. The van der Waals surface area contributed by atoms with Crippen LogP contribution in [0.25, 0.3) is 10.9 Å². The lowest BCUT2D eigenvalue weighted by molar-refractivity contribution is 0.260. The lowest BCUT2D eigenvalue weighted by Crippen LogP contribution is -2.38. The maximum absolute atomic E-state index is 9.76. The van der Waals surface area contributed by atoms with Crippen molar-refractivity contribution in [1.29, 1.82) is 5.26 Å². The molecule has 35 heavy (non-hydrogen) atoms. The minimum atomic E-state index is -1.33. The highest BCUT2D eigenvalue weighted by Crippen LogP contribution is 2.37. The molecule has 0 radical (unpaired) electrons. The number of hydrogen-bond donors (Lipinski definition) is 4. The van der Waals surface area contributed by atoms with E-state index in [0.29, 0.717) is 45.8 Å². The van der Waals surface area contributed by atoms with E-state index in [4.69, 9.17) is 11.6 Å². The predicted molar refractivity (Wildman–Crippen MR) is 141 cm³/mol. The van der Waals surface area contributed by atoms with Gasteiger partial charge in [-0.15, -0.1) is 5.53 Å². The van der Waals surface area contributed by atoms with Crippen molar-refractivity contribution in [2.24, 2.45) is 5.41 Å². The zero-order valence-electron chi connectivity index (χ0n) is 21.1. The molecule has 3 aromatic rings. The number of nitrogens with one attached hydrogen (secondary N) is 4. The van der Waals surface area contributed by atoms with E-state index in [1.807, 2.05) is 47.6 Å². The molecule has 0 unspecified atom stereocenters. The standard InChI is InChI=1S/C27H30ClN7/c1-27(2,3)16-31-24-18(13-29)14-30-26-21(24)11-19(12-22(26)28)32-25(17-7-5-4-6-8-17)23-15-35(34-33-23)20-9-10-20/h4-8,11-12,14-15,20,25,32-34H,9-10,16H2,1-3H3,(H,30,31)/t25-/m0/s1/i25D. The van der Waals surface area contributed by atoms with Gasteiger partial charge in [0, 0.05) is 36.1 Å². The van der Waals surface area contributed by atoms with E-state index in [-0.39, 0.29) is 5.41 Å². The number of halogens is 1. The third-order valence-corrected chi connectivity index (χ3v) is 6.26. The summed E-state index contributed by atoms with van der Waals surface area (Å²) in [6.07, 6.45) is 5.76. The van der Waals surface area contributed by atoms with Crippen LogP contribution in [0.4, 0.5) is 11.4 Å². The summed E-state index contributed by atoms with van der Waals surface area (Å²) in [4.78, 5) is 4.46. The Bertz CT molecular complexity index is 1360. The molecule has 2 aliphatic rings. The fraction of sp³-hybridized carbons (Fsp3) is 0.333. The molecule has 7 nitrogen and oxygen atoms in total. The van der Waals surface area contributed by atoms with Crippen molar-refractivity contribution in [3.63, 3.8) is 0 Å². The smallest absolute Gasteiger partial charge is 0.103 e. The maximum Gasteiger partial charge on any atom is 0.103 e. The number of fused-ring (bicyclic) bond motifs is 1. The molecule has 8 heteroatoms. The molecule has 5 rings (SSSR count). The third-order valence-electron chi connectivity index (χ3n) is 5.97. The molecule has 4 N–H and O–H groups in total. The second kappa shape index (κ2) is 9.29. The van der Waals surface area contributed by atoms with Gasteiger partial charge in [0.1, 0.15) is 6.07 Å². The molecule has 2 heterocycles. The summed E-state index contributed by atoms with van der Waals surface area (Å²) in [5.74, 6) is 0. The topological polar surface area (TPSA) is 88.0 Å². The largest absolute Gasteiger partial charge is 0.383 e. The molecule has 2 aromatic carbocycles. The van der Waals surface area contributed by atoms with Gasteiger partial charge in [-0.1, -0.05) is 62.7 Å². The lowest BCUT2D eigenvalue weighted by atomic mass is 9.96. The van der Waals surface area contributed by atoms with Crippen LogP contribution in [0.5, 0.6) is 0 Å². The van der Waals surface area contributed by atoms with Crippen LogP contribution in [-0.2, 0) is 0 Å². The molecule has 0 spiro atoms. The Hall–Kier alpha value is -3.47. The Morgan fingerprint density at radius 3 is 2.74 bits per heavy atom. The summed E-state index contributed by atoms with van der Waals surface area (Å²) in [6, 6.07) is 14.7. The molecule has 0 saturated heterocycles. The monoisotopic (exact) mass is 488 g/mol. The summed E-state index contributed by atoms with van der Waals surface area (Å²) in [7, 11) is 0. The third kappa shape index (κ3) is 5.14. The summed E-state index contributed by atoms with van der Waals surface area (Å²) >= 11 is 6.70. The van der Waals surface area contributed by atoms with Gasteiger partial charge in [0.25, 0.3) is 0 Å². The first-order chi connectivity index (χ1) is 17.2. The molecule has 1 atom stereocenters. The number of nitrogens with zero attached hydrogens (tertiary/aromatic N) is 3. The lowest BCUT2D eigenvalue weighted by Gasteiger charge is -2.23. The van der Waals surface area contributed by atoms with Crippen LogP contribution >= 0.6 is 11.6 Å². The van der Waals surface area contributed by atoms with Gasteiger partial charge in [-0.25, -0.2) is 0 Å². The van der Waals surface area contributed by atoms with Crippen LogP contribution in [0.1, 0.15) is 52.1 Å². The number of nitriles is 1. The number of benzene rings is 2. The fourth-order valence-electron chi connectivity index (χ4n) is 4.01. The van der Waals surface area contributed by atoms with Crippen molar-refractivity contribution in [3.05, 3.63) is 76.7 Å². The van der Waals surface area contributed by atoms with Crippen molar-refractivity contribution >= 4 is 33.9 Å². The number of rotatable bonds is 7. The Kier molecular flexibility index (Phi) is 5.85. The number of aromatic nitrogens is 1. The van der Waals surface area contributed by atoms with E-state index in [0.717, 1.165) is 23.8 Å². The van der Waals surface area contributed by atoms with Gasteiger partial charge < -0.3 is 16.1 Å². The summed E-state index contributed by atoms with van der Waals surface area (Å²) in [5, 5.41) is 19.8. The summed E-state index contributed by atoms with van der Waals surface area (Å²) < 4.78 is 9.59. The van der Waals surface area contributed by atoms with Crippen LogP contribution < -0.4 is 21.6 Å². The van der Waals surface area contributed by atoms with Crippen molar-refractivity contribution in [3.8, 4) is 6.07 Å². The maximum atomic E-state index is 9.76. The van der Waals surface area contributed by atoms with Gasteiger partial charge in [-0.05, 0) is 36.0 Å². The van der Waals surface area contributed by atoms with Crippen molar-refractivity contribution in [2.45, 2.75) is 45.7 Å². The zero-order chi connectivity index (χ0) is 25.5. The first kappa shape index (κ1) is 22.0. The van der Waals surface area contributed by atoms with Crippen molar-refractivity contribution in [2.75, 3.05) is 17.2 Å². The van der Waals surface area contributed by atoms with Gasteiger partial charge in [0.05, 0.1) is 34.9 Å². The molecule has 1 saturated carbocycles. The molecular formula is C27H30ClN7. The van der Waals surface area contributed by atoms with Crippen LogP contribution in [0, 0.1) is 16.7 Å². The van der Waals surface area contributed by atoms with Crippen LogP contribution in [-0.4, -0.2) is 22.6 Å². The Morgan fingerprint density at radius 2 is 2.06 bits per heavy atom. The van der Waals surface area contributed by atoms with E-state index in [1.165, 1.54) is 0 Å². The number of hydrogen-bond acceptors (Lipinski definition) is 7. The van der Waals surface area contributed by atoms with Crippen molar-refractivity contribution in [1.82, 2.24) is 21.0 Å². The predicted octanol–water partition coefficient (Wildman–Crippen LogP) is 5.70. The molecule has 1 aliphatic carbocycles. The van der Waals surface area contributed by atoms with Gasteiger partial charge >= 0.3 is 0 Å². The molecular weight excluding hydrogens is 458 g/mol. The highest BCUT2D eigenvalue weighted by atomic mass is 35.5. The minimum absolute atomic E-state index is 0.00661. The van der Waals surface area contributed by atoms with E-state index in [9.17, 15) is 6.63 Å². The van der Waals surface area contributed by atoms with Crippen LogP contribution in [0.2, 0.25) is 5.02 Å². The fourth-order valence-corrected chi connectivity index (χ4v) is 4.28. The average Bonchev–Trinajstić information content (AvgIpc) is 3.58. The van der Waals surface area contributed by atoms with E-state index >= 15 is 0 Å². The summed E-state index contributed by atoms with van der Waals surface area (Å²) in [5.41, 5.74) is 10.2. The Morgan fingerprint density at radius 1 is 1.29 bits per heavy atom. The average molecular weight is 489 g/mol. The first-order valence-corrected chi connectivity index (χ1v) is 12.2. The van der Waals surface area contributed by atoms with Crippen LogP contribution in [0.3, 0.4) is 0 Å². The Labute approximate surface area is 212 Å². The van der Waals surface area contributed by atoms with Gasteiger partial charge in [0.15, 0.2) is 0 Å². The Balaban J connectivity index is 1.59. The van der Waals surface area contributed by atoms with Crippen LogP contribution in [0.15, 0.2) is 60.6 Å². The number of hydrazine groups is 2. The van der Waals surface area contributed by atoms with E-state index in [2.05, 4.69) is 53.4 Å². The van der Waals surface area contributed by atoms with E-state index in [1.54, 1.807) is 12.3 Å². The molecule has 1 aromatic heterocycles. The van der Waals surface area contributed by atoms with Gasteiger partial charge in [-0.3, -0.25) is 9.99 Å². The first-order valence-electron chi connectivity index (χ1n) is 12.3. The highest BCUT2D eigenvalue weighted by molar-refractivity contribution is 6.35. The molecule has 0 bridgehead atoms. The highest BCUT2D eigenvalue weighted by Gasteiger charge is 2.32. The normalized spacial score (nSPS) is 17.7. The van der Waals surface area contributed by atoms with Gasteiger partial charge in [-0.2, -0.15) is 5.26 Å².